The van der Waals surface area contributed by atoms with Crippen molar-refractivity contribution >= 4 is 17.7 Å². The fourth-order valence-corrected chi connectivity index (χ4v) is 2.98. The second kappa shape index (κ2) is 6.91. The maximum atomic E-state index is 12.4. The molecule has 1 fully saturated rings. The number of piperidine rings is 1. The number of halogens is 1. The Morgan fingerprint density at radius 3 is 2.39 bits per heavy atom. The molecule has 7 heteroatoms. The van der Waals surface area contributed by atoms with Crippen LogP contribution in [0.1, 0.15) is 47.5 Å². The highest BCUT2D eigenvalue weighted by molar-refractivity contribution is 6.29. The molecule has 2 unspecified atom stereocenters. The first-order chi connectivity index (χ1) is 10.7. The van der Waals surface area contributed by atoms with Crippen LogP contribution >= 0.6 is 11.6 Å². The van der Waals surface area contributed by atoms with Crippen molar-refractivity contribution in [2.24, 2.45) is 0 Å². The number of hydrogen-bond donors (Lipinski definition) is 0. The summed E-state index contributed by atoms with van der Waals surface area (Å²) in [5, 5.41) is 0.301. The molecular weight excluding hydrogens is 318 g/mol. The molecule has 128 valence electrons. The minimum absolute atomic E-state index is 0.0192. The standard InChI is InChI=1S/C16H24ClN3O3/c1-10-6-12(22-14-9-18-8-13(17)19-14)7-11(2)20(10)15(21)23-16(3,4)5/h8-12H,6-7H2,1-5H3. The van der Waals surface area contributed by atoms with E-state index < -0.39 is 5.60 Å². The van der Waals surface area contributed by atoms with Gasteiger partial charge >= 0.3 is 6.09 Å². The van der Waals surface area contributed by atoms with Crippen LogP contribution in [0.25, 0.3) is 0 Å². The van der Waals surface area contributed by atoms with E-state index in [0.29, 0.717) is 23.9 Å². The van der Waals surface area contributed by atoms with Crippen molar-refractivity contribution in [3.63, 3.8) is 0 Å². The van der Waals surface area contributed by atoms with E-state index in [4.69, 9.17) is 21.1 Å². The Bertz CT molecular complexity index is 550. The average Bonchev–Trinajstić information content (AvgIpc) is 2.35. The number of amides is 1. The molecule has 0 N–H and O–H groups in total. The first kappa shape index (κ1) is 17.8. The Morgan fingerprint density at radius 1 is 1.26 bits per heavy atom. The van der Waals surface area contributed by atoms with E-state index in [1.807, 2.05) is 34.6 Å². The Balaban J connectivity index is 2.00. The van der Waals surface area contributed by atoms with E-state index in [1.165, 1.54) is 6.20 Å². The molecule has 0 aliphatic carbocycles. The fraction of sp³-hybridized carbons (Fsp3) is 0.688. The molecule has 2 atom stereocenters. The summed E-state index contributed by atoms with van der Waals surface area (Å²) in [6.07, 6.45) is 4.10. The molecule has 23 heavy (non-hydrogen) atoms. The van der Waals surface area contributed by atoms with E-state index in [1.54, 1.807) is 11.1 Å². The van der Waals surface area contributed by atoms with Gasteiger partial charge in [-0.05, 0) is 34.6 Å². The minimum Gasteiger partial charge on any atom is -0.473 e. The van der Waals surface area contributed by atoms with Crippen LogP contribution in [0.4, 0.5) is 4.79 Å². The quantitative estimate of drug-likeness (QED) is 0.820. The van der Waals surface area contributed by atoms with Gasteiger partial charge in [0.15, 0.2) is 5.15 Å². The van der Waals surface area contributed by atoms with Gasteiger partial charge in [0.1, 0.15) is 11.7 Å². The normalized spacial score (nSPS) is 25.1. The largest absolute Gasteiger partial charge is 0.473 e. The number of hydrogen-bond acceptors (Lipinski definition) is 5. The number of nitrogens with zero attached hydrogens (tertiary/aromatic N) is 3. The molecule has 1 amide bonds. The molecule has 0 bridgehead atoms. The molecule has 0 radical (unpaired) electrons. The van der Waals surface area contributed by atoms with E-state index in [2.05, 4.69) is 9.97 Å². The summed E-state index contributed by atoms with van der Waals surface area (Å²) in [4.78, 5) is 22.2. The summed E-state index contributed by atoms with van der Waals surface area (Å²) in [6.45, 7) is 9.61. The SMILES string of the molecule is CC1CC(Oc2cncc(Cl)n2)CC(C)N1C(=O)OC(C)(C)C. The van der Waals surface area contributed by atoms with Gasteiger partial charge in [-0.3, -0.25) is 4.98 Å². The summed E-state index contributed by atoms with van der Waals surface area (Å²) >= 11 is 5.82. The second-order valence-electron chi connectivity index (χ2n) is 6.98. The second-order valence-corrected chi connectivity index (χ2v) is 7.36. The van der Waals surface area contributed by atoms with Gasteiger partial charge in [-0.2, -0.15) is 4.98 Å². The third-order valence-corrected chi connectivity index (χ3v) is 3.81. The molecule has 0 spiro atoms. The number of aromatic nitrogens is 2. The topological polar surface area (TPSA) is 64.6 Å². The van der Waals surface area contributed by atoms with Crippen molar-refractivity contribution in [1.82, 2.24) is 14.9 Å². The van der Waals surface area contributed by atoms with Crippen LogP contribution in [-0.4, -0.2) is 44.7 Å². The zero-order valence-corrected chi connectivity index (χ0v) is 15.0. The summed E-state index contributed by atoms with van der Waals surface area (Å²) in [6, 6.07) is 0.0384. The van der Waals surface area contributed by atoms with E-state index in [0.717, 1.165) is 0 Å². The summed E-state index contributed by atoms with van der Waals surface area (Å²) in [5.41, 5.74) is -0.500. The molecule has 1 aliphatic heterocycles. The number of rotatable bonds is 2. The molecule has 1 aromatic rings. The van der Waals surface area contributed by atoms with Crippen LogP contribution in [0.2, 0.25) is 5.15 Å². The number of carbonyl (C=O) groups excluding carboxylic acids is 1. The predicted octanol–water partition coefficient (Wildman–Crippen LogP) is 3.69. The summed E-state index contributed by atoms with van der Waals surface area (Å²) < 4.78 is 11.4. The van der Waals surface area contributed by atoms with Gasteiger partial charge in [0, 0.05) is 24.9 Å². The zero-order valence-electron chi connectivity index (χ0n) is 14.2. The Kier molecular flexibility index (Phi) is 5.34. The highest BCUT2D eigenvalue weighted by Crippen LogP contribution is 2.28. The highest BCUT2D eigenvalue weighted by Gasteiger charge is 2.37. The van der Waals surface area contributed by atoms with Crippen LogP contribution in [0.15, 0.2) is 12.4 Å². The van der Waals surface area contributed by atoms with Gasteiger partial charge in [-0.15, -0.1) is 0 Å². The molecule has 6 nitrogen and oxygen atoms in total. The molecule has 2 rings (SSSR count). The third-order valence-electron chi connectivity index (χ3n) is 3.63. The Morgan fingerprint density at radius 2 is 1.87 bits per heavy atom. The highest BCUT2D eigenvalue weighted by atomic mass is 35.5. The Labute approximate surface area is 142 Å². The molecule has 0 saturated carbocycles. The first-order valence-electron chi connectivity index (χ1n) is 7.81. The lowest BCUT2D eigenvalue weighted by Crippen LogP contribution is -2.53. The first-order valence-corrected chi connectivity index (χ1v) is 8.19. The van der Waals surface area contributed by atoms with Crippen molar-refractivity contribution in [1.29, 1.82) is 0 Å². The lowest BCUT2D eigenvalue weighted by Gasteiger charge is -2.42. The third kappa shape index (κ3) is 4.96. The summed E-state index contributed by atoms with van der Waals surface area (Å²) in [5.74, 6) is 0.410. The molecule has 0 aromatic carbocycles. The van der Waals surface area contributed by atoms with Crippen LogP contribution in [0.3, 0.4) is 0 Å². The fourth-order valence-electron chi connectivity index (χ4n) is 2.84. The van der Waals surface area contributed by atoms with E-state index in [9.17, 15) is 4.79 Å². The van der Waals surface area contributed by atoms with Crippen molar-refractivity contribution in [2.75, 3.05) is 0 Å². The molecule has 2 heterocycles. The van der Waals surface area contributed by atoms with Crippen LogP contribution in [0.5, 0.6) is 5.88 Å². The smallest absolute Gasteiger partial charge is 0.410 e. The van der Waals surface area contributed by atoms with Crippen molar-refractivity contribution in [2.45, 2.75) is 71.2 Å². The molecule has 1 aliphatic rings. The van der Waals surface area contributed by atoms with Crippen LogP contribution in [0, 0.1) is 0 Å². The van der Waals surface area contributed by atoms with E-state index in [-0.39, 0.29) is 24.3 Å². The van der Waals surface area contributed by atoms with Crippen molar-refractivity contribution < 1.29 is 14.3 Å². The van der Waals surface area contributed by atoms with Crippen LogP contribution < -0.4 is 4.74 Å². The van der Waals surface area contributed by atoms with Gasteiger partial charge in [-0.1, -0.05) is 11.6 Å². The maximum Gasteiger partial charge on any atom is 0.410 e. The van der Waals surface area contributed by atoms with Crippen molar-refractivity contribution in [3.05, 3.63) is 17.5 Å². The number of ether oxygens (including phenoxy) is 2. The van der Waals surface area contributed by atoms with Crippen molar-refractivity contribution in [3.8, 4) is 5.88 Å². The zero-order chi connectivity index (χ0) is 17.2. The lowest BCUT2D eigenvalue weighted by atomic mass is 9.95. The van der Waals surface area contributed by atoms with Gasteiger partial charge in [-0.25, -0.2) is 4.79 Å². The molecular formula is C16H24ClN3O3. The number of likely N-dealkylation sites (tertiary alicyclic amines) is 1. The Hall–Kier alpha value is -1.56. The van der Waals surface area contributed by atoms with Gasteiger partial charge in [0.2, 0.25) is 5.88 Å². The molecule has 1 saturated heterocycles. The lowest BCUT2D eigenvalue weighted by molar-refractivity contribution is -0.0185. The van der Waals surface area contributed by atoms with Crippen LogP contribution in [-0.2, 0) is 4.74 Å². The average molecular weight is 342 g/mol. The molecule has 1 aromatic heterocycles. The van der Waals surface area contributed by atoms with Gasteiger partial charge in [0.25, 0.3) is 0 Å². The van der Waals surface area contributed by atoms with Gasteiger partial charge in [0.05, 0.1) is 12.4 Å². The predicted molar refractivity (Wildman–Crippen MR) is 87.7 cm³/mol. The van der Waals surface area contributed by atoms with E-state index >= 15 is 0 Å². The minimum atomic E-state index is -0.500. The summed E-state index contributed by atoms with van der Waals surface area (Å²) in [7, 11) is 0. The number of carbonyl (C=O) groups is 1. The monoisotopic (exact) mass is 341 g/mol. The maximum absolute atomic E-state index is 12.4. The van der Waals surface area contributed by atoms with Gasteiger partial charge < -0.3 is 14.4 Å².